The highest BCUT2D eigenvalue weighted by atomic mass is 127. The first-order chi connectivity index (χ1) is 11.6. The molecule has 0 bridgehead atoms. The predicted molar refractivity (Wildman–Crippen MR) is 114 cm³/mol. The lowest BCUT2D eigenvalue weighted by Crippen LogP contribution is -2.38. The van der Waals surface area contributed by atoms with E-state index in [9.17, 15) is 0 Å². The Hall–Kier alpha value is -1.83. The zero-order chi connectivity index (χ0) is 17.4. The van der Waals surface area contributed by atoms with Crippen LogP contribution in [0.1, 0.15) is 22.5 Å². The van der Waals surface area contributed by atoms with E-state index in [4.69, 9.17) is 4.74 Å². The first kappa shape index (κ1) is 21.2. The molecule has 1 aromatic heterocycles. The molecule has 6 heteroatoms. The molecule has 0 fully saturated rings. The molecule has 0 aliphatic rings. The Labute approximate surface area is 167 Å². The second-order valence-corrected chi connectivity index (χ2v) is 5.68. The van der Waals surface area contributed by atoms with Crippen LogP contribution in [0.25, 0.3) is 0 Å². The van der Waals surface area contributed by atoms with Gasteiger partial charge in [0.2, 0.25) is 0 Å². The Kier molecular flexibility index (Phi) is 9.26. The Bertz CT molecular complexity index is 704. The molecule has 5 nitrogen and oxygen atoms in total. The highest BCUT2D eigenvalue weighted by Crippen LogP contribution is 2.18. The van der Waals surface area contributed by atoms with Crippen molar-refractivity contribution in [1.82, 2.24) is 15.6 Å². The largest absolute Gasteiger partial charge is 0.496 e. The summed E-state index contributed by atoms with van der Waals surface area (Å²) in [7, 11) is 3.48. The molecule has 0 amide bonds. The summed E-state index contributed by atoms with van der Waals surface area (Å²) in [6.07, 6.45) is 0.903. The molecule has 2 rings (SSSR count). The SMILES string of the molecule is CN=C(NCCc1ccc(C)c(OC)c1)NCc1cccc(C)n1.I. The summed E-state index contributed by atoms with van der Waals surface area (Å²) in [5, 5.41) is 6.61. The van der Waals surface area contributed by atoms with Gasteiger partial charge in [-0.25, -0.2) is 0 Å². The lowest BCUT2D eigenvalue weighted by Gasteiger charge is -2.12. The van der Waals surface area contributed by atoms with Gasteiger partial charge in [-0.05, 0) is 49.6 Å². The van der Waals surface area contributed by atoms with Crippen LogP contribution in [0.4, 0.5) is 0 Å². The van der Waals surface area contributed by atoms with Crippen molar-refractivity contribution in [3.05, 3.63) is 58.9 Å². The normalized spacial score (nSPS) is 10.8. The summed E-state index contributed by atoms with van der Waals surface area (Å²) in [5.74, 6) is 1.71. The molecule has 0 saturated heterocycles. The van der Waals surface area contributed by atoms with Gasteiger partial charge in [-0.1, -0.05) is 18.2 Å². The van der Waals surface area contributed by atoms with Gasteiger partial charge in [0.1, 0.15) is 5.75 Å². The summed E-state index contributed by atoms with van der Waals surface area (Å²) < 4.78 is 5.37. The molecule has 136 valence electrons. The van der Waals surface area contributed by atoms with E-state index in [1.807, 2.05) is 32.0 Å². The van der Waals surface area contributed by atoms with Crippen molar-refractivity contribution in [3.8, 4) is 5.75 Å². The number of guanidine groups is 1. The summed E-state index contributed by atoms with van der Waals surface area (Å²) in [5.41, 5.74) is 4.41. The molecule has 0 unspecified atom stereocenters. The van der Waals surface area contributed by atoms with Crippen LogP contribution >= 0.6 is 24.0 Å². The number of halogens is 1. The number of aromatic nitrogens is 1. The minimum Gasteiger partial charge on any atom is -0.496 e. The Balaban J connectivity index is 0.00000312. The third-order valence-electron chi connectivity index (χ3n) is 3.79. The number of nitrogens with zero attached hydrogens (tertiary/aromatic N) is 2. The number of nitrogens with one attached hydrogen (secondary N) is 2. The van der Waals surface area contributed by atoms with Crippen LogP contribution in [0.3, 0.4) is 0 Å². The third kappa shape index (κ3) is 6.89. The highest BCUT2D eigenvalue weighted by molar-refractivity contribution is 14.0. The lowest BCUT2D eigenvalue weighted by molar-refractivity contribution is 0.411. The van der Waals surface area contributed by atoms with E-state index in [0.717, 1.165) is 41.6 Å². The van der Waals surface area contributed by atoms with Crippen molar-refractivity contribution in [2.24, 2.45) is 4.99 Å². The molecule has 0 aliphatic carbocycles. The van der Waals surface area contributed by atoms with Crippen molar-refractivity contribution in [2.45, 2.75) is 26.8 Å². The third-order valence-corrected chi connectivity index (χ3v) is 3.79. The number of rotatable bonds is 6. The van der Waals surface area contributed by atoms with E-state index in [-0.39, 0.29) is 24.0 Å². The summed E-state index contributed by atoms with van der Waals surface area (Å²) in [6, 6.07) is 12.3. The molecule has 0 aliphatic heterocycles. The van der Waals surface area contributed by atoms with Crippen LogP contribution in [0.2, 0.25) is 0 Å². The maximum Gasteiger partial charge on any atom is 0.191 e. The standard InChI is InChI=1S/C19H26N4O.HI/c1-14-8-9-16(12-18(14)24-4)10-11-21-19(20-3)22-13-17-7-5-6-15(2)23-17;/h5-9,12H,10-11,13H2,1-4H3,(H2,20,21,22);1H. The minimum absolute atomic E-state index is 0. The molecular formula is C19H27IN4O. The van der Waals surface area contributed by atoms with Gasteiger partial charge in [0.15, 0.2) is 5.96 Å². The van der Waals surface area contributed by atoms with Crippen LogP contribution in [0, 0.1) is 13.8 Å². The number of pyridine rings is 1. The fraction of sp³-hybridized carbons (Fsp3) is 0.368. The molecule has 1 heterocycles. The zero-order valence-electron chi connectivity index (χ0n) is 15.3. The van der Waals surface area contributed by atoms with Gasteiger partial charge in [0, 0.05) is 19.3 Å². The average molecular weight is 454 g/mol. The lowest BCUT2D eigenvalue weighted by atomic mass is 10.1. The molecule has 2 N–H and O–H groups in total. The van der Waals surface area contributed by atoms with E-state index < -0.39 is 0 Å². The van der Waals surface area contributed by atoms with E-state index in [2.05, 4.69) is 38.8 Å². The second-order valence-electron chi connectivity index (χ2n) is 5.68. The number of aliphatic imine (C=N–C) groups is 1. The van der Waals surface area contributed by atoms with Gasteiger partial charge in [-0.2, -0.15) is 0 Å². The Morgan fingerprint density at radius 3 is 2.64 bits per heavy atom. The van der Waals surface area contributed by atoms with E-state index in [1.54, 1.807) is 14.2 Å². The van der Waals surface area contributed by atoms with Gasteiger partial charge >= 0.3 is 0 Å². The Morgan fingerprint density at radius 2 is 1.96 bits per heavy atom. The number of benzene rings is 1. The van der Waals surface area contributed by atoms with Crippen LogP contribution in [0.15, 0.2) is 41.4 Å². The molecule has 25 heavy (non-hydrogen) atoms. The van der Waals surface area contributed by atoms with Crippen molar-refractivity contribution in [3.63, 3.8) is 0 Å². The highest BCUT2D eigenvalue weighted by Gasteiger charge is 2.02. The molecule has 2 aromatic rings. The van der Waals surface area contributed by atoms with Crippen LogP contribution in [0.5, 0.6) is 5.75 Å². The van der Waals surface area contributed by atoms with Crippen LogP contribution in [-0.4, -0.2) is 31.6 Å². The van der Waals surface area contributed by atoms with Crippen molar-refractivity contribution in [1.29, 1.82) is 0 Å². The Morgan fingerprint density at radius 1 is 1.16 bits per heavy atom. The van der Waals surface area contributed by atoms with Gasteiger partial charge in [0.25, 0.3) is 0 Å². The van der Waals surface area contributed by atoms with Crippen molar-refractivity contribution >= 4 is 29.9 Å². The predicted octanol–water partition coefficient (Wildman–Crippen LogP) is 3.23. The van der Waals surface area contributed by atoms with Crippen molar-refractivity contribution in [2.75, 3.05) is 20.7 Å². The molecule has 0 atom stereocenters. The number of hydrogen-bond acceptors (Lipinski definition) is 3. The summed E-state index contributed by atoms with van der Waals surface area (Å²) in [4.78, 5) is 8.72. The average Bonchev–Trinajstić information content (AvgIpc) is 2.59. The maximum absolute atomic E-state index is 5.37. The van der Waals surface area contributed by atoms with Gasteiger partial charge in [-0.3, -0.25) is 9.98 Å². The first-order valence-electron chi connectivity index (χ1n) is 8.13. The number of ether oxygens (including phenoxy) is 1. The number of aryl methyl sites for hydroxylation is 2. The quantitative estimate of drug-likeness (QED) is 0.400. The minimum atomic E-state index is 0. The van der Waals surface area contributed by atoms with Gasteiger partial charge < -0.3 is 15.4 Å². The number of methoxy groups -OCH3 is 1. The molecule has 0 radical (unpaired) electrons. The van der Waals surface area contributed by atoms with Crippen LogP contribution < -0.4 is 15.4 Å². The van der Waals surface area contributed by atoms with Crippen LogP contribution in [-0.2, 0) is 13.0 Å². The monoisotopic (exact) mass is 454 g/mol. The molecule has 0 spiro atoms. The second kappa shape index (κ2) is 10.9. The van der Waals surface area contributed by atoms with Gasteiger partial charge in [-0.15, -0.1) is 24.0 Å². The fourth-order valence-corrected chi connectivity index (χ4v) is 2.44. The van der Waals surface area contributed by atoms with E-state index in [1.165, 1.54) is 5.56 Å². The number of hydrogen-bond donors (Lipinski definition) is 2. The molecule has 0 saturated carbocycles. The zero-order valence-corrected chi connectivity index (χ0v) is 17.6. The summed E-state index contributed by atoms with van der Waals surface area (Å²) in [6.45, 7) is 5.49. The fourth-order valence-electron chi connectivity index (χ4n) is 2.44. The van der Waals surface area contributed by atoms with Crippen molar-refractivity contribution < 1.29 is 4.74 Å². The maximum atomic E-state index is 5.37. The smallest absolute Gasteiger partial charge is 0.191 e. The van der Waals surface area contributed by atoms with E-state index >= 15 is 0 Å². The molecular weight excluding hydrogens is 427 g/mol. The first-order valence-corrected chi connectivity index (χ1v) is 8.13. The topological polar surface area (TPSA) is 58.5 Å². The molecule has 1 aromatic carbocycles. The van der Waals surface area contributed by atoms with E-state index in [0.29, 0.717) is 6.54 Å². The van der Waals surface area contributed by atoms with Gasteiger partial charge in [0.05, 0.1) is 19.3 Å². The summed E-state index contributed by atoms with van der Waals surface area (Å²) >= 11 is 0.